The van der Waals surface area contributed by atoms with Gasteiger partial charge in [-0.15, -0.1) is 0 Å². The van der Waals surface area contributed by atoms with Gasteiger partial charge < -0.3 is 5.32 Å². The molecule has 0 heterocycles. The molecule has 1 saturated carbocycles. The van der Waals surface area contributed by atoms with Gasteiger partial charge in [0, 0.05) is 17.6 Å². The van der Waals surface area contributed by atoms with Crippen LogP contribution >= 0.6 is 11.6 Å². The van der Waals surface area contributed by atoms with Crippen LogP contribution in [0.2, 0.25) is 5.02 Å². The predicted octanol–water partition coefficient (Wildman–Crippen LogP) is 4.01. The first-order valence-electron chi connectivity index (χ1n) is 6.23. The molecule has 2 rings (SSSR count). The van der Waals surface area contributed by atoms with E-state index in [-0.39, 0.29) is 0 Å². The maximum absolute atomic E-state index is 5.86. The Morgan fingerprint density at radius 2 is 1.88 bits per heavy atom. The highest BCUT2D eigenvalue weighted by atomic mass is 35.5. The molecule has 0 aliphatic heterocycles. The van der Waals surface area contributed by atoms with E-state index in [1.165, 1.54) is 31.2 Å². The van der Waals surface area contributed by atoms with Crippen molar-refractivity contribution in [1.82, 2.24) is 5.32 Å². The standard InChI is InChI=1S/C14H20ClN/c1-11(13-4-2-3-5-13)16-10-12-6-8-14(15)9-7-12/h6-9,11,13,16H,2-5,10H2,1H3/t11-/m1/s1. The van der Waals surface area contributed by atoms with Crippen LogP contribution in [0.15, 0.2) is 24.3 Å². The first kappa shape index (κ1) is 11.9. The molecule has 0 aromatic heterocycles. The average Bonchev–Trinajstić information content (AvgIpc) is 2.81. The van der Waals surface area contributed by atoms with Crippen LogP contribution in [0.5, 0.6) is 0 Å². The van der Waals surface area contributed by atoms with Gasteiger partial charge in [0.1, 0.15) is 0 Å². The largest absolute Gasteiger partial charge is 0.310 e. The summed E-state index contributed by atoms with van der Waals surface area (Å²) in [6.45, 7) is 3.26. The Kier molecular flexibility index (Phi) is 4.25. The van der Waals surface area contributed by atoms with Gasteiger partial charge in [-0.05, 0) is 43.4 Å². The Hall–Kier alpha value is -0.530. The van der Waals surface area contributed by atoms with E-state index in [0.29, 0.717) is 6.04 Å². The minimum atomic E-state index is 0.637. The van der Waals surface area contributed by atoms with Gasteiger partial charge in [-0.25, -0.2) is 0 Å². The van der Waals surface area contributed by atoms with Crippen molar-refractivity contribution in [3.8, 4) is 0 Å². The predicted molar refractivity (Wildman–Crippen MR) is 69.7 cm³/mol. The maximum atomic E-state index is 5.86. The van der Waals surface area contributed by atoms with Crippen molar-refractivity contribution >= 4 is 11.6 Å². The fourth-order valence-electron chi connectivity index (χ4n) is 2.51. The topological polar surface area (TPSA) is 12.0 Å². The molecule has 1 nitrogen and oxygen atoms in total. The van der Waals surface area contributed by atoms with Crippen molar-refractivity contribution in [2.75, 3.05) is 0 Å². The zero-order chi connectivity index (χ0) is 11.4. The van der Waals surface area contributed by atoms with Gasteiger partial charge in [-0.2, -0.15) is 0 Å². The lowest BCUT2D eigenvalue weighted by atomic mass is 9.99. The smallest absolute Gasteiger partial charge is 0.0406 e. The third kappa shape index (κ3) is 3.23. The number of halogens is 1. The highest BCUT2D eigenvalue weighted by Crippen LogP contribution is 2.27. The molecule has 1 aliphatic rings. The van der Waals surface area contributed by atoms with Gasteiger partial charge in [-0.1, -0.05) is 36.6 Å². The van der Waals surface area contributed by atoms with Crippen LogP contribution in [0.25, 0.3) is 0 Å². The molecule has 1 N–H and O–H groups in total. The van der Waals surface area contributed by atoms with Gasteiger partial charge >= 0.3 is 0 Å². The molecule has 16 heavy (non-hydrogen) atoms. The van der Waals surface area contributed by atoms with E-state index in [9.17, 15) is 0 Å². The van der Waals surface area contributed by atoms with Crippen LogP contribution in [0, 0.1) is 5.92 Å². The van der Waals surface area contributed by atoms with Crippen molar-refractivity contribution in [1.29, 1.82) is 0 Å². The van der Waals surface area contributed by atoms with Gasteiger partial charge in [0.25, 0.3) is 0 Å². The molecule has 0 saturated heterocycles. The van der Waals surface area contributed by atoms with Crippen LogP contribution in [-0.2, 0) is 6.54 Å². The summed E-state index contributed by atoms with van der Waals surface area (Å²) in [6.07, 6.45) is 5.62. The fourth-order valence-corrected chi connectivity index (χ4v) is 2.63. The molecule has 1 atom stereocenters. The first-order valence-corrected chi connectivity index (χ1v) is 6.61. The third-order valence-corrected chi connectivity index (χ3v) is 3.90. The molecule has 0 bridgehead atoms. The van der Waals surface area contributed by atoms with E-state index in [4.69, 9.17) is 11.6 Å². The van der Waals surface area contributed by atoms with Crippen LogP contribution in [0.1, 0.15) is 38.2 Å². The highest BCUT2D eigenvalue weighted by molar-refractivity contribution is 6.30. The lowest BCUT2D eigenvalue weighted by Crippen LogP contribution is -2.31. The molecule has 0 radical (unpaired) electrons. The van der Waals surface area contributed by atoms with Crippen molar-refractivity contribution in [3.63, 3.8) is 0 Å². The first-order chi connectivity index (χ1) is 7.75. The Morgan fingerprint density at radius 1 is 1.25 bits per heavy atom. The van der Waals surface area contributed by atoms with Gasteiger partial charge in [0.2, 0.25) is 0 Å². The minimum absolute atomic E-state index is 0.637. The van der Waals surface area contributed by atoms with Gasteiger partial charge in [0.15, 0.2) is 0 Å². The van der Waals surface area contributed by atoms with Crippen molar-refractivity contribution in [3.05, 3.63) is 34.9 Å². The lowest BCUT2D eigenvalue weighted by molar-refractivity contribution is 0.380. The Bertz CT molecular complexity index is 314. The molecule has 0 amide bonds. The minimum Gasteiger partial charge on any atom is -0.310 e. The third-order valence-electron chi connectivity index (χ3n) is 3.65. The summed E-state index contributed by atoms with van der Waals surface area (Å²) in [5, 5.41) is 4.43. The van der Waals surface area contributed by atoms with E-state index in [1.54, 1.807) is 0 Å². The second kappa shape index (κ2) is 5.70. The molecule has 2 heteroatoms. The highest BCUT2D eigenvalue weighted by Gasteiger charge is 2.20. The summed E-state index contributed by atoms with van der Waals surface area (Å²) in [7, 11) is 0. The molecular weight excluding hydrogens is 218 g/mol. The number of hydrogen-bond donors (Lipinski definition) is 1. The zero-order valence-corrected chi connectivity index (χ0v) is 10.6. The van der Waals surface area contributed by atoms with Crippen LogP contribution < -0.4 is 5.32 Å². The quantitative estimate of drug-likeness (QED) is 0.835. The number of nitrogens with one attached hydrogen (secondary N) is 1. The van der Waals surface area contributed by atoms with E-state index in [1.807, 2.05) is 12.1 Å². The van der Waals surface area contributed by atoms with E-state index in [2.05, 4.69) is 24.4 Å². The molecular formula is C14H20ClN. The van der Waals surface area contributed by atoms with Crippen LogP contribution in [-0.4, -0.2) is 6.04 Å². The SMILES string of the molecule is C[C@@H](NCc1ccc(Cl)cc1)C1CCCC1. The molecule has 1 aromatic carbocycles. The number of hydrogen-bond acceptors (Lipinski definition) is 1. The van der Waals surface area contributed by atoms with Crippen LogP contribution in [0.4, 0.5) is 0 Å². The Balaban J connectivity index is 1.80. The molecule has 1 aliphatic carbocycles. The van der Waals surface area contributed by atoms with E-state index >= 15 is 0 Å². The van der Waals surface area contributed by atoms with Crippen LogP contribution in [0.3, 0.4) is 0 Å². The summed E-state index contributed by atoms with van der Waals surface area (Å²) >= 11 is 5.86. The molecule has 88 valence electrons. The Labute approximate surface area is 103 Å². The molecule has 0 unspecified atom stereocenters. The van der Waals surface area contributed by atoms with Gasteiger partial charge in [-0.3, -0.25) is 0 Å². The number of rotatable bonds is 4. The fraction of sp³-hybridized carbons (Fsp3) is 0.571. The van der Waals surface area contributed by atoms with Crippen molar-refractivity contribution in [2.45, 2.75) is 45.2 Å². The van der Waals surface area contributed by atoms with Crippen molar-refractivity contribution < 1.29 is 0 Å². The summed E-state index contributed by atoms with van der Waals surface area (Å²) in [5.74, 6) is 0.882. The van der Waals surface area contributed by atoms with Crippen molar-refractivity contribution in [2.24, 2.45) is 5.92 Å². The summed E-state index contributed by atoms with van der Waals surface area (Å²) in [5.41, 5.74) is 1.31. The normalized spacial score (nSPS) is 18.9. The van der Waals surface area contributed by atoms with E-state index < -0.39 is 0 Å². The molecule has 1 aromatic rings. The Morgan fingerprint density at radius 3 is 2.50 bits per heavy atom. The lowest BCUT2D eigenvalue weighted by Gasteiger charge is -2.20. The second-order valence-electron chi connectivity index (χ2n) is 4.84. The number of benzene rings is 1. The zero-order valence-electron chi connectivity index (χ0n) is 9.88. The average molecular weight is 238 g/mol. The van der Waals surface area contributed by atoms with Gasteiger partial charge in [0.05, 0.1) is 0 Å². The molecule has 0 spiro atoms. The monoisotopic (exact) mass is 237 g/mol. The summed E-state index contributed by atoms with van der Waals surface area (Å²) in [6, 6.07) is 8.74. The second-order valence-corrected chi connectivity index (χ2v) is 5.28. The molecule has 1 fully saturated rings. The van der Waals surface area contributed by atoms with E-state index in [0.717, 1.165) is 17.5 Å². The maximum Gasteiger partial charge on any atom is 0.0406 e. The summed E-state index contributed by atoms with van der Waals surface area (Å²) in [4.78, 5) is 0. The summed E-state index contributed by atoms with van der Waals surface area (Å²) < 4.78 is 0.